The summed E-state index contributed by atoms with van der Waals surface area (Å²) in [6.07, 6.45) is 2.41. The van der Waals surface area contributed by atoms with Crippen LogP contribution in [0.15, 0.2) is 24.3 Å². The van der Waals surface area contributed by atoms with Crippen molar-refractivity contribution < 1.29 is 5.11 Å². The summed E-state index contributed by atoms with van der Waals surface area (Å²) in [5, 5.41) is 12.7. The fraction of sp³-hybridized carbons (Fsp3) is 0.500. The number of aromatic hydroxyl groups is 1. The topological polar surface area (TPSA) is 32.3 Å². The molecule has 0 fully saturated rings. The first-order chi connectivity index (χ1) is 6.74. The average molecular weight is 193 g/mol. The molecule has 0 aromatic heterocycles. The number of unbranched alkanes of at least 4 members (excludes halogenated alkanes) is 1. The van der Waals surface area contributed by atoms with Gasteiger partial charge >= 0.3 is 0 Å². The highest BCUT2D eigenvalue weighted by Gasteiger charge is 2.03. The molecule has 0 bridgehead atoms. The van der Waals surface area contributed by atoms with Gasteiger partial charge < -0.3 is 10.4 Å². The summed E-state index contributed by atoms with van der Waals surface area (Å²) in [6.45, 7) is 5.33. The minimum absolute atomic E-state index is 0.314. The highest BCUT2D eigenvalue weighted by Crippen LogP contribution is 2.17. The van der Waals surface area contributed by atoms with E-state index in [0.29, 0.717) is 11.8 Å². The van der Waals surface area contributed by atoms with Crippen molar-refractivity contribution in [2.24, 2.45) is 0 Å². The Morgan fingerprint density at radius 1 is 1.43 bits per heavy atom. The molecule has 0 saturated heterocycles. The van der Waals surface area contributed by atoms with Crippen molar-refractivity contribution in [3.63, 3.8) is 0 Å². The molecule has 0 heterocycles. The molecular formula is C12H19NO. The second-order valence-corrected chi connectivity index (χ2v) is 3.62. The first-order valence-electron chi connectivity index (χ1n) is 5.26. The van der Waals surface area contributed by atoms with Gasteiger partial charge in [0.2, 0.25) is 0 Å². The third-order valence-corrected chi connectivity index (χ3v) is 2.35. The minimum Gasteiger partial charge on any atom is -0.508 e. The zero-order chi connectivity index (χ0) is 10.4. The average Bonchev–Trinajstić information content (AvgIpc) is 2.18. The molecule has 1 atom stereocenters. The maximum atomic E-state index is 9.31. The summed E-state index contributed by atoms with van der Waals surface area (Å²) in [4.78, 5) is 0. The molecule has 78 valence electrons. The predicted octanol–water partition coefficient (Wildman–Crippen LogP) is 2.84. The molecule has 0 radical (unpaired) electrons. The lowest BCUT2D eigenvalue weighted by atomic mass is 10.1. The van der Waals surface area contributed by atoms with Crippen LogP contribution >= 0.6 is 0 Å². The van der Waals surface area contributed by atoms with E-state index in [1.807, 2.05) is 18.2 Å². The van der Waals surface area contributed by atoms with Gasteiger partial charge in [-0.1, -0.05) is 25.5 Å². The Morgan fingerprint density at radius 2 is 2.21 bits per heavy atom. The van der Waals surface area contributed by atoms with E-state index in [1.165, 1.54) is 12.8 Å². The van der Waals surface area contributed by atoms with Gasteiger partial charge in [-0.15, -0.1) is 0 Å². The van der Waals surface area contributed by atoms with Gasteiger partial charge in [0, 0.05) is 6.04 Å². The van der Waals surface area contributed by atoms with Crippen LogP contribution in [0, 0.1) is 0 Å². The largest absolute Gasteiger partial charge is 0.508 e. The fourth-order valence-corrected chi connectivity index (χ4v) is 1.41. The second kappa shape index (κ2) is 5.66. The van der Waals surface area contributed by atoms with Crippen LogP contribution in [-0.4, -0.2) is 11.7 Å². The summed E-state index contributed by atoms with van der Waals surface area (Å²) < 4.78 is 0. The summed E-state index contributed by atoms with van der Waals surface area (Å²) in [5.41, 5.74) is 1.14. The summed E-state index contributed by atoms with van der Waals surface area (Å²) in [5.74, 6) is 0.339. The minimum atomic E-state index is 0.314. The smallest absolute Gasteiger partial charge is 0.115 e. The number of rotatable bonds is 5. The van der Waals surface area contributed by atoms with Gasteiger partial charge in [0.05, 0.1) is 0 Å². The standard InChI is InChI=1S/C12H19NO/c1-3-4-8-13-10(2)11-6-5-7-12(14)9-11/h5-7,9-10,13-14H,3-4,8H2,1-2H3. The summed E-state index contributed by atoms with van der Waals surface area (Å²) in [6, 6.07) is 7.73. The molecule has 14 heavy (non-hydrogen) atoms. The van der Waals surface area contributed by atoms with E-state index in [9.17, 15) is 5.11 Å². The van der Waals surface area contributed by atoms with Gasteiger partial charge in [0.25, 0.3) is 0 Å². The first kappa shape index (κ1) is 11.1. The van der Waals surface area contributed by atoms with Gasteiger partial charge in [-0.25, -0.2) is 0 Å². The van der Waals surface area contributed by atoms with Crippen LogP contribution in [0.2, 0.25) is 0 Å². The van der Waals surface area contributed by atoms with Gasteiger partial charge in [0.1, 0.15) is 5.75 Å². The van der Waals surface area contributed by atoms with Crippen molar-refractivity contribution in [1.29, 1.82) is 0 Å². The van der Waals surface area contributed by atoms with E-state index in [2.05, 4.69) is 19.2 Å². The quantitative estimate of drug-likeness (QED) is 0.705. The number of nitrogens with one attached hydrogen (secondary N) is 1. The Labute approximate surface area is 86.0 Å². The zero-order valence-corrected chi connectivity index (χ0v) is 8.96. The third-order valence-electron chi connectivity index (χ3n) is 2.35. The number of phenolic OH excluding ortho intramolecular Hbond substituents is 1. The molecule has 0 amide bonds. The second-order valence-electron chi connectivity index (χ2n) is 3.62. The molecule has 0 aliphatic heterocycles. The molecule has 2 heteroatoms. The van der Waals surface area contributed by atoms with Gasteiger partial charge in [-0.05, 0) is 37.6 Å². The lowest BCUT2D eigenvalue weighted by Crippen LogP contribution is -2.19. The molecular weight excluding hydrogens is 174 g/mol. The molecule has 2 nitrogen and oxygen atoms in total. The van der Waals surface area contributed by atoms with Gasteiger partial charge in [-0.2, -0.15) is 0 Å². The van der Waals surface area contributed by atoms with E-state index in [0.717, 1.165) is 12.1 Å². The molecule has 0 spiro atoms. The molecule has 0 aliphatic carbocycles. The van der Waals surface area contributed by atoms with Crippen LogP contribution in [0.1, 0.15) is 38.3 Å². The van der Waals surface area contributed by atoms with Crippen molar-refractivity contribution in [2.75, 3.05) is 6.54 Å². The van der Waals surface area contributed by atoms with Crippen molar-refractivity contribution in [3.8, 4) is 5.75 Å². The van der Waals surface area contributed by atoms with Crippen molar-refractivity contribution in [3.05, 3.63) is 29.8 Å². The van der Waals surface area contributed by atoms with Crippen LogP contribution in [0.3, 0.4) is 0 Å². The van der Waals surface area contributed by atoms with Crippen LogP contribution in [0.4, 0.5) is 0 Å². The van der Waals surface area contributed by atoms with E-state index >= 15 is 0 Å². The Balaban J connectivity index is 2.47. The molecule has 0 saturated carbocycles. The van der Waals surface area contributed by atoms with Gasteiger partial charge in [0.15, 0.2) is 0 Å². The Bertz CT molecular complexity index is 273. The van der Waals surface area contributed by atoms with Crippen LogP contribution in [0.5, 0.6) is 5.75 Å². The SMILES string of the molecule is CCCCNC(C)c1cccc(O)c1. The maximum absolute atomic E-state index is 9.31. The summed E-state index contributed by atoms with van der Waals surface area (Å²) >= 11 is 0. The monoisotopic (exact) mass is 193 g/mol. The van der Waals surface area contributed by atoms with E-state index in [-0.39, 0.29) is 0 Å². The molecule has 2 N–H and O–H groups in total. The zero-order valence-electron chi connectivity index (χ0n) is 8.96. The number of hydrogen-bond donors (Lipinski definition) is 2. The number of hydrogen-bond acceptors (Lipinski definition) is 2. The van der Waals surface area contributed by atoms with Crippen LogP contribution in [0.25, 0.3) is 0 Å². The van der Waals surface area contributed by atoms with Crippen molar-refractivity contribution >= 4 is 0 Å². The fourth-order valence-electron chi connectivity index (χ4n) is 1.41. The Hall–Kier alpha value is -1.02. The molecule has 1 rings (SSSR count). The highest BCUT2D eigenvalue weighted by molar-refractivity contribution is 5.28. The van der Waals surface area contributed by atoms with Crippen molar-refractivity contribution in [1.82, 2.24) is 5.32 Å². The van der Waals surface area contributed by atoms with Crippen LogP contribution in [-0.2, 0) is 0 Å². The molecule has 1 aromatic carbocycles. The lowest BCUT2D eigenvalue weighted by Gasteiger charge is -2.13. The first-order valence-corrected chi connectivity index (χ1v) is 5.26. The Kier molecular flexibility index (Phi) is 4.47. The maximum Gasteiger partial charge on any atom is 0.115 e. The predicted molar refractivity (Wildman–Crippen MR) is 59.4 cm³/mol. The highest BCUT2D eigenvalue weighted by atomic mass is 16.3. The molecule has 0 aliphatic rings. The van der Waals surface area contributed by atoms with Crippen molar-refractivity contribution in [2.45, 2.75) is 32.7 Å². The van der Waals surface area contributed by atoms with Gasteiger partial charge in [-0.3, -0.25) is 0 Å². The van der Waals surface area contributed by atoms with E-state index in [1.54, 1.807) is 6.07 Å². The molecule has 1 aromatic rings. The number of benzene rings is 1. The van der Waals surface area contributed by atoms with E-state index in [4.69, 9.17) is 0 Å². The van der Waals surface area contributed by atoms with Crippen LogP contribution < -0.4 is 5.32 Å². The number of phenols is 1. The Morgan fingerprint density at radius 3 is 2.86 bits per heavy atom. The molecule has 1 unspecified atom stereocenters. The third kappa shape index (κ3) is 3.38. The normalized spacial score (nSPS) is 12.7. The summed E-state index contributed by atoms with van der Waals surface area (Å²) in [7, 11) is 0. The lowest BCUT2D eigenvalue weighted by molar-refractivity contribution is 0.472. The van der Waals surface area contributed by atoms with E-state index < -0.39 is 0 Å².